The van der Waals surface area contributed by atoms with Crippen molar-refractivity contribution in [3.05, 3.63) is 47.7 Å². The molecular weight excluding hydrogens is 252 g/mol. The van der Waals surface area contributed by atoms with E-state index in [2.05, 4.69) is 9.71 Å². The SMILES string of the molecule is Cc1cccc(S(=O)(=O)NCc2coc(C)n2)c1. The van der Waals surface area contributed by atoms with Gasteiger partial charge in [-0.2, -0.15) is 0 Å². The third kappa shape index (κ3) is 2.96. The van der Waals surface area contributed by atoms with Gasteiger partial charge >= 0.3 is 0 Å². The lowest BCUT2D eigenvalue weighted by molar-refractivity contribution is 0.520. The van der Waals surface area contributed by atoms with Crippen molar-refractivity contribution in [2.24, 2.45) is 0 Å². The zero-order chi connectivity index (χ0) is 13.2. The van der Waals surface area contributed by atoms with E-state index >= 15 is 0 Å². The monoisotopic (exact) mass is 266 g/mol. The molecule has 1 aromatic carbocycles. The molecule has 18 heavy (non-hydrogen) atoms. The Labute approximate surface area is 106 Å². The van der Waals surface area contributed by atoms with Crippen LogP contribution in [0.15, 0.2) is 39.8 Å². The molecule has 1 heterocycles. The van der Waals surface area contributed by atoms with Crippen molar-refractivity contribution in [2.45, 2.75) is 25.3 Å². The first-order valence-corrected chi connectivity index (χ1v) is 6.93. The van der Waals surface area contributed by atoms with Crippen molar-refractivity contribution in [1.29, 1.82) is 0 Å². The molecule has 2 aromatic rings. The number of sulfonamides is 1. The highest BCUT2D eigenvalue weighted by Gasteiger charge is 2.14. The highest BCUT2D eigenvalue weighted by molar-refractivity contribution is 7.89. The van der Waals surface area contributed by atoms with Crippen LogP contribution in [0.5, 0.6) is 0 Å². The molecule has 5 nitrogen and oxygen atoms in total. The van der Waals surface area contributed by atoms with E-state index in [4.69, 9.17) is 4.42 Å². The summed E-state index contributed by atoms with van der Waals surface area (Å²) in [6, 6.07) is 6.74. The van der Waals surface area contributed by atoms with Crippen molar-refractivity contribution in [2.75, 3.05) is 0 Å². The van der Waals surface area contributed by atoms with E-state index in [0.717, 1.165) is 5.56 Å². The zero-order valence-corrected chi connectivity index (χ0v) is 11.0. The first-order chi connectivity index (χ1) is 8.47. The van der Waals surface area contributed by atoms with Crippen LogP contribution in [0, 0.1) is 13.8 Å². The number of hydrogen-bond acceptors (Lipinski definition) is 4. The summed E-state index contributed by atoms with van der Waals surface area (Å²) < 4.78 is 31.5. The van der Waals surface area contributed by atoms with Crippen LogP contribution < -0.4 is 4.72 Å². The van der Waals surface area contributed by atoms with Crippen molar-refractivity contribution in [1.82, 2.24) is 9.71 Å². The molecule has 6 heteroatoms. The smallest absolute Gasteiger partial charge is 0.240 e. The number of benzene rings is 1. The molecule has 0 saturated heterocycles. The Kier molecular flexibility index (Phi) is 3.49. The lowest BCUT2D eigenvalue weighted by Gasteiger charge is -2.05. The minimum atomic E-state index is -3.50. The summed E-state index contributed by atoms with van der Waals surface area (Å²) in [5.41, 5.74) is 1.46. The molecule has 0 fully saturated rings. The Morgan fingerprint density at radius 2 is 2.11 bits per heavy atom. The average Bonchev–Trinajstić information content (AvgIpc) is 2.73. The molecule has 0 amide bonds. The highest BCUT2D eigenvalue weighted by atomic mass is 32.2. The predicted molar refractivity (Wildman–Crippen MR) is 66.4 cm³/mol. The maximum atomic E-state index is 12.0. The van der Waals surface area contributed by atoms with E-state index < -0.39 is 10.0 Å². The number of rotatable bonds is 4. The fourth-order valence-corrected chi connectivity index (χ4v) is 2.63. The summed E-state index contributed by atoms with van der Waals surface area (Å²) in [4.78, 5) is 4.28. The van der Waals surface area contributed by atoms with Crippen LogP contribution in [0.3, 0.4) is 0 Å². The molecule has 2 rings (SSSR count). The third-order valence-corrected chi connectivity index (χ3v) is 3.81. The third-order valence-electron chi connectivity index (χ3n) is 2.41. The van der Waals surface area contributed by atoms with Crippen LogP contribution in [0.25, 0.3) is 0 Å². The van der Waals surface area contributed by atoms with Crippen molar-refractivity contribution in [3.8, 4) is 0 Å². The average molecular weight is 266 g/mol. The molecule has 96 valence electrons. The van der Waals surface area contributed by atoms with E-state index in [9.17, 15) is 8.42 Å². The summed E-state index contributed by atoms with van der Waals surface area (Å²) >= 11 is 0. The van der Waals surface area contributed by atoms with Crippen LogP contribution in [-0.2, 0) is 16.6 Å². The molecular formula is C12H14N2O3S. The number of aromatic nitrogens is 1. The summed E-state index contributed by atoms with van der Waals surface area (Å²) in [6.45, 7) is 3.67. The summed E-state index contributed by atoms with van der Waals surface area (Å²) in [7, 11) is -3.50. The second-order valence-electron chi connectivity index (χ2n) is 4.00. The molecule has 1 N–H and O–H groups in total. The maximum Gasteiger partial charge on any atom is 0.240 e. The highest BCUT2D eigenvalue weighted by Crippen LogP contribution is 2.11. The molecule has 1 aromatic heterocycles. The second kappa shape index (κ2) is 4.91. The quantitative estimate of drug-likeness (QED) is 0.915. The van der Waals surface area contributed by atoms with Crippen LogP contribution in [0.1, 0.15) is 17.1 Å². The lowest BCUT2D eigenvalue weighted by Crippen LogP contribution is -2.23. The molecule has 0 spiro atoms. The Morgan fingerprint density at radius 3 is 2.72 bits per heavy atom. The van der Waals surface area contributed by atoms with Crippen LogP contribution in [0.2, 0.25) is 0 Å². The number of oxazole rings is 1. The topological polar surface area (TPSA) is 72.2 Å². The fourth-order valence-electron chi connectivity index (χ4n) is 1.52. The van der Waals surface area contributed by atoms with Crippen molar-refractivity contribution < 1.29 is 12.8 Å². The van der Waals surface area contributed by atoms with E-state index in [1.807, 2.05) is 13.0 Å². The van der Waals surface area contributed by atoms with Gasteiger partial charge in [0.2, 0.25) is 10.0 Å². The van der Waals surface area contributed by atoms with Gasteiger partial charge in [-0.25, -0.2) is 18.1 Å². The lowest BCUT2D eigenvalue weighted by atomic mass is 10.2. The van der Waals surface area contributed by atoms with Gasteiger partial charge in [0, 0.05) is 6.92 Å². The first kappa shape index (κ1) is 12.8. The summed E-state index contributed by atoms with van der Waals surface area (Å²) in [6.07, 6.45) is 1.44. The molecule has 0 aliphatic carbocycles. The van der Waals surface area contributed by atoms with Gasteiger partial charge in [0.15, 0.2) is 5.89 Å². The molecule has 0 aliphatic heterocycles. The molecule has 0 bridgehead atoms. The number of hydrogen-bond donors (Lipinski definition) is 1. The van der Waals surface area contributed by atoms with Crippen LogP contribution in [-0.4, -0.2) is 13.4 Å². The molecule has 0 saturated carbocycles. The van der Waals surface area contributed by atoms with Gasteiger partial charge in [0.05, 0.1) is 17.1 Å². The minimum Gasteiger partial charge on any atom is -0.449 e. The summed E-state index contributed by atoms with van der Waals surface area (Å²) in [5.74, 6) is 0.514. The predicted octanol–water partition coefficient (Wildman–Crippen LogP) is 1.77. The Balaban J connectivity index is 2.13. The number of aryl methyl sites for hydroxylation is 2. The van der Waals surface area contributed by atoms with Crippen LogP contribution in [0.4, 0.5) is 0 Å². The van der Waals surface area contributed by atoms with Gasteiger partial charge in [-0.3, -0.25) is 0 Å². The van der Waals surface area contributed by atoms with Crippen molar-refractivity contribution in [3.63, 3.8) is 0 Å². The van der Waals surface area contributed by atoms with Gasteiger partial charge in [-0.1, -0.05) is 12.1 Å². The van der Waals surface area contributed by atoms with E-state index in [1.165, 1.54) is 6.26 Å². The van der Waals surface area contributed by atoms with Gasteiger partial charge < -0.3 is 4.42 Å². The summed E-state index contributed by atoms with van der Waals surface area (Å²) in [5, 5.41) is 0. The van der Waals surface area contributed by atoms with Crippen LogP contribution >= 0.6 is 0 Å². The Morgan fingerprint density at radius 1 is 1.33 bits per heavy atom. The molecule has 0 atom stereocenters. The van der Waals surface area contributed by atoms with Gasteiger partial charge in [-0.15, -0.1) is 0 Å². The molecule has 0 unspecified atom stereocenters. The standard InChI is InChI=1S/C12H14N2O3S/c1-9-4-3-5-12(6-9)18(15,16)13-7-11-8-17-10(2)14-11/h3-6,8,13H,7H2,1-2H3. The Bertz CT molecular complexity index is 647. The van der Waals surface area contributed by atoms with E-state index in [0.29, 0.717) is 11.6 Å². The Hall–Kier alpha value is -1.66. The van der Waals surface area contributed by atoms with Gasteiger partial charge in [0.25, 0.3) is 0 Å². The van der Waals surface area contributed by atoms with Crippen molar-refractivity contribution >= 4 is 10.0 Å². The normalized spacial score (nSPS) is 11.7. The number of nitrogens with zero attached hydrogens (tertiary/aromatic N) is 1. The second-order valence-corrected chi connectivity index (χ2v) is 5.77. The maximum absolute atomic E-state index is 12.0. The molecule has 0 radical (unpaired) electrons. The van der Waals surface area contributed by atoms with E-state index in [-0.39, 0.29) is 11.4 Å². The zero-order valence-electron chi connectivity index (χ0n) is 10.2. The minimum absolute atomic E-state index is 0.119. The fraction of sp³-hybridized carbons (Fsp3) is 0.250. The van der Waals surface area contributed by atoms with Gasteiger partial charge in [0.1, 0.15) is 6.26 Å². The molecule has 0 aliphatic rings. The van der Waals surface area contributed by atoms with E-state index in [1.54, 1.807) is 25.1 Å². The van der Waals surface area contributed by atoms with Gasteiger partial charge in [-0.05, 0) is 24.6 Å². The first-order valence-electron chi connectivity index (χ1n) is 5.45. The largest absolute Gasteiger partial charge is 0.449 e. The number of nitrogens with one attached hydrogen (secondary N) is 1.